The summed E-state index contributed by atoms with van der Waals surface area (Å²) in [6.07, 6.45) is 3.48. The summed E-state index contributed by atoms with van der Waals surface area (Å²) >= 11 is 12.1. The largest absolute Gasteiger partial charge is 0.333 e. The monoisotopic (exact) mass is 340 g/mol. The van der Waals surface area contributed by atoms with E-state index in [9.17, 15) is 10.1 Å². The molecule has 0 aromatic heterocycles. The summed E-state index contributed by atoms with van der Waals surface area (Å²) in [7, 11) is 0. The topological polar surface area (TPSA) is 69.5 Å². The molecule has 1 aromatic carbocycles. The van der Waals surface area contributed by atoms with Gasteiger partial charge < -0.3 is 10.6 Å². The highest BCUT2D eigenvalue weighted by Crippen LogP contribution is 2.28. The Morgan fingerprint density at radius 1 is 1.45 bits per heavy atom. The number of benzene rings is 1. The van der Waals surface area contributed by atoms with Crippen LogP contribution in [0.5, 0.6) is 0 Å². The fraction of sp³-hybridized carbons (Fsp3) is 0.500. The van der Waals surface area contributed by atoms with E-state index in [-0.39, 0.29) is 18.5 Å². The van der Waals surface area contributed by atoms with Crippen molar-refractivity contribution in [2.24, 2.45) is 0 Å². The number of hydrogen-bond acceptors (Lipinski definition) is 2. The quantitative estimate of drug-likeness (QED) is 0.864. The predicted octanol–water partition coefficient (Wildman–Crippen LogP) is 2.57. The molecule has 1 saturated carbocycles. The van der Waals surface area contributed by atoms with Gasteiger partial charge >= 0.3 is 0 Å². The summed E-state index contributed by atoms with van der Waals surface area (Å²) in [4.78, 5) is 12.1. The minimum absolute atomic E-state index is 0.0390. The molecule has 118 valence electrons. The number of nitrogens with zero attached hydrogens (tertiary/aromatic N) is 1. The van der Waals surface area contributed by atoms with E-state index >= 15 is 0 Å². The molecule has 3 N–H and O–H groups in total. The molecule has 4 nitrogen and oxygen atoms in total. The summed E-state index contributed by atoms with van der Waals surface area (Å²) in [6.45, 7) is 2.25. The Morgan fingerprint density at radius 2 is 2.14 bits per heavy atom. The molecule has 0 spiro atoms. The first-order chi connectivity index (χ1) is 10.5. The molecule has 0 unspecified atom stereocenters. The molecule has 1 aliphatic carbocycles. The lowest BCUT2D eigenvalue weighted by Gasteiger charge is -2.22. The van der Waals surface area contributed by atoms with E-state index in [1.807, 2.05) is 18.3 Å². The molecule has 22 heavy (non-hydrogen) atoms. The van der Waals surface area contributed by atoms with Crippen LogP contribution < -0.4 is 10.6 Å². The average Bonchev–Trinajstić information content (AvgIpc) is 2.94. The van der Waals surface area contributed by atoms with Gasteiger partial charge in [-0.2, -0.15) is 5.26 Å². The van der Waals surface area contributed by atoms with E-state index in [0.717, 1.165) is 31.2 Å². The Bertz CT molecular complexity index is 592. The number of hydrogen-bond donors (Lipinski definition) is 2. The Hall–Kier alpha value is -1.28. The highest BCUT2D eigenvalue weighted by molar-refractivity contribution is 6.35. The molecule has 6 heteroatoms. The van der Waals surface area contributed by atoms with Crippen molar-refractivity contribution in [1.29, 1.82) is 5.26 Å². The molecule has 0 aliphatic heterocycles. The highest BCUT2D eigenvalue weighted by atomic mass is 35.5. The van der Waals surface area contributed by atoms with Crippen molar-refractivity contribution >= 4 is 29.1 Å². The number of rotatable bonds is 5. The summed E-state index contributed by atoms with van der Waals surface area (Å²) < 4.78 is 0. The van der Waals surface area contributed by atoms with Gasteiger partial charge in [0.1, 0.15) is 11.6 Å². The molecule has 1 atom stereocenters. The number of quaternary nitrogens is 1. The maximum absolute atomic E-state index is 12.1. The molecular formula is C16H20Cl2N3O+. The number of amides is 1. The Morgan fingerprint density at radius 3 is 2.73 bits per heavy atom. The Labute approximate surface area is 140 Å². The van der Waals surface area contributed by atoms with E-state index in [1.54, 1.807) is 12.1 Å². The molecule has 1 aliphatic rings. The lowest BCUT2D eigenvalue weighted by atomic mass is 10.00. The van der Waals surface area contributed by atoms with Crippen LogP contribution >= 0.6 is 23.2 Å². The molecule has 1 fully saturated rings. The van der Waals surface area contributed by atoms with Crippen LogP contribution in [-0.2, 0) is 4.79 Å². The molecule has 1 aromatic rings. The van der Waals surface area contributed by atoms with Gasteiger partial charge in [-0.05, 0) is 44.7 Å². The average molecular weight is 341 g/mol. The third-order valence-electron chi connectivity index (χ3n) is 4.16. The van der Waals surface area contributed by atoms with Crippen molar-refractivity contribution in [3.05, 3.63) is 33.8 Å². The van der Waals surface area contributed by atoms with Gasteiger partial charge in [-0.25, -0.2) is 0 Å². The molecular weight excluding hydrogens is 321 g/mol. The van der Waals surface area contributed by atoms with Crippen molar-refractivity contribution in [1.82, 2.24) is 5.32 Å². The van der Waals surface area contributed by atoms with Crippen LogP contribution in [0.15, 0.2) is 18.2 Å². The second-order valence-corrected chi connectivity index (χ2v) is 6.69. The van der Waals surface area contributed by atoms with Gasteiger partial charge in [0.2, 0.25) is 0 Å². The van der Waals surface area contributed by atoms with Gasteiger partial charge in [-0.15, -0.1) is 0 Å². The maximum atomic E-state index is 12.1. The van der Waals surface area contributed by atoms with E-state index in [1.165, 1.54) is 0 Å². The molecule has 0 heterocycles. The minimum atomic E-state index is -0.661. The number of halogens is 2. The van der Waals surface area contributed by atoms with Crippen LogP contribution in [0.3, 0.4) is 0 Å². The second-order valence-electron chi connectivity index (χ2n) is 5.84. The second kappa shape index (κ2) is 7.32. The number of carbonyl (C=O) groups excluding carboxylic acids is 1. The summed E-state index contributed by atoms with van der Waals surface area (Å²) in [5.41, 5.74) is 0.279. The van der Waals surface area contributed by atoms with E-state index in [2.05, 4.69) is 11.4 Å². The maximum Gasteiger partial charge on any atom is 0.276 e. The lowest BCUT2D eigenvalue weighted by molar-refractivity contribution is -0.682. The van der Waals surface area contributed by atoms with Crippen LogP contribution in [0.2, 0.25) is 10.0 Å². The van der Waals surface area contributed by atoms with Crippen molar-refractivity contribution < 1.29 is 10.1 Å². The fourth-order valence-electron chi connectivity index (χ4n) is 2.84. The van der Waals surface area contributed by atoms with Gasteiger partial charge in [-0.3, -0.25) is 4.79 Å². The first-order valence-electron chi connectivity index (χ1n) is 7.46. The van der Waals surface area contributed by atoms with Gasteiger partial charge in [0.05, 0.1) is 11.1 Å². The standard InChI is InChI=1S/C16H19Cl2N3O/c1-11(13-5-4-12(17)8-14(13)18)20-9-15(22)21-16(10-19)6-2-3-7-16/h4-5,8,11,20H,2-3,6-7,9H2,1H3,(H,21,22)/p+1/t11-/m1/s1. The van der Waals surface area contributed by atoms with E-state index < -0.39 is 5.54 Å². The number of carbonyl (C=O) groups is 1. The van der Waals surface area contributed by atoms with Gasteiger partial charge in [-0.1, -0.05) is 29.3 Å². The number of nitrogens with one attached hydrogen (secondary N) is 1. The van der Waals surface area contributed by atoms with Crippen molar-refractivity contribution in [3.63, 3.8) is 0 Å². The smallest absolute Gasteiger partial charge is 0.276 e. The van der Waals surface area contributed by atoms with Gasteiger partial charge in [0, 0.05) is 10.6 Å². The third-order valence-corrected chi connectivity index (χ3v) is 4.72. The first-order valence-corrected chi connectivity index (χ1v) is 8.22. The van der Waals surface area contributed by atoms with E-state index in [4.69, 9.17) is 23.2 Å². The summed E-state index contributed by atoms with van der Waals surface area (Å²) in [5.74, 6) is -0.111. The summed E-state index contributed by atoms with van der Waals surface area (Å²) in [6, 6.07) is 7.66. The minimum Gasteiger partial charge on any atom is -0.333 e. The van der Waals surface area contributed by atoms with Crippen molar-refractivity contribution in [2.45, 2.75) is 44.2 Å². The fourth-order valence-corrected chi connectivity index (χ4v) is 3.42. The molecule has 0 saturated heterocycles. The Balaban J connectivity index is 1.89. The predicted molar refractivity (Wildman–Crippen MR) is 86.6 cm³/mol. The number of nitriles is 1. The zero-order chi connectivity index (χ0) is 16.2. The van der Waals surface area contributed by atoms with Gasteiger partial charge in [0.25, 0.3) is 5.91 Å². The van der Waals surface area contributed by atoms with Crippen LogP contribution in [0.25, 0.3) is 0 Å². The normalized spacial score (nSPS) is 17.7. The molecule has 0 bridgehead atoms. The molecule has 1 amide bonds. The van der Waals surface area contributed by atoms with Crippen LogP contribution in [0.4, 0.5) is 0 Å². The lowest BCUT2D eigenvalue weighted by Crippen LogP contribution is -2.87. The van der Waals surface area contributed by atoms with Crippen LogP contribution in [0, 0.1) is 11.3 Å². The van der Waals surface area contributed by atoms with E-state index in [0.29, 0.717) is 10.0 Å². The van der Waals surface area contributed by atoms with Crippen LogP contribution in [-0.4, -0.2) is 18.0 Å². The zero-order valence-electron chi connectivity index (χ0n) is 12.5. The molecule has 0 radical (unpaired) electrons. The molecule has 2 rings (SSSR count). The zero-order valence-corrected chi connectivity index (χ0v) is 14.0. The van der Waals surface area contributed by atoms with Gasteiger partial charge in [0.15, 0.2) is 6.54 Å². The third kappa shape index (κ3) is 4.13. The SMILES string of the molecule is C[C@@H]([NH2+]CC(=O)NC1(C#N)CCCC1)c1ccc(Cl)cc1Cl. The van der Waals surface area contributed by atoms with Crippen molar-refractivity contribution in [3.8, 4) is 6.07 Å². The highest BCUT2D eigenvalue weighted by Gasteiger charge is 2.35. The van der Waals surface area contributed by atoms with Crippen LogP contribution in [0.1, 0.15) is 44.2 Å². The summed E-state index contributed by atoms with van der Waals surface area (Å²) in [5, 5.41) is 15.3. The number of nitrogens with two attached hydrogens (primary N) is 1. The van der Waals surface area contributed by atoms with Crippen molar-refractivity contribution in [2.75, 3.05) is 6.54 Å². The Kier molecular flexibility index (Phi) is 5.69. The first kappa shape index (κ1) is 17.1.